The van der Waals surface area contributed by atoms with Gasteiger partial charge in [-0.15, -0.1) is 0 Å². The highest BCUT2D eigenvalue weighted by atomic mass is 16.5. The Balaban J connectivity index is 2.02. The third-order valence-corrected chi connectivity index (χ3v) is 3.02. The molecule has 0 atom stereocenters. The molecule has 0 unspecified atom stereocenters. The summed E-state index contributed by atoms with van der Waals surface area (Å²) in [5, 5.41) is 10.9. The second kappa shape index (κ2) is 5.20. The standard InChI is InChI=1S/C14H13N5O2/c1-8-17-14(21-19-8)18-13(20)11-7-16-12(15-2)10-6-4-3-5-9(10)11/h3-7H,1-2H3,(H,15,16)(H,17,18,19,20). The number of hydrogen-bond acceptors (Lipinski definition) is 6. The first-order valence-corrected chi connectivity index (χ1v) is 6.36. The molecule has 3 aromatic rings. The van der Waals surface area contributed by atoms with Gasteiger partial charge in [-0.25, -0.2) is 4.98 Å². The van der Waals surface area contributed by atoms with Crippen LogP contribution in [0.15, 0.2) is 35.0 Å². The van der Waals surface area contributed by atoms with Crippen molar-refractivity contribution < 1.29 is 9.32 Å². The van der Waals surface area contributed by atoms with Crippen molar-refractivity contribution in [3.63, 3.8) is 0 Å². The fourth-order valence-corrected chi connectivity index (χ4v) is 2.09. The number of benzene rings is 1. The summed E-state index contributed by atoms with van der Waals surface area (Å²) in [6.07, 6.45) is 1.52. The van der Waals surface area contributed by atoms with Crippen LogP contribution in [0.4, 0.5) is 11.8 Å². The monoisotopic (exact) mass is 283 g/mol. The number of carbonyl (C=O) groups excluding carboxylic acids is 1. The van der Waals surface area contributed by atoms with Crippen LogP contribution in [-0.2, 0) is 0 Å². The predicted octanol–water partition coefficient (Wildman–Crippen LogP) is 2.22. The van der Waals surface area contributed by atoms with Gasteiger partial charge < -0.3 is 9.84 Å². The Hall–Kier alpha value is -2.96. The minimum atomic E-state index is -0.343. The van der Waals surface area contributed by atoms with Crippen LogP contribution in [0.3, 0.4) is 0 Å². The van der Waals surface area contributed by atoms with E-state index in [1.807, 2.05) is 24.3 Å². The number of hydrogen-bond donors (Lipinski definition) is 2. The fraction of sp³-hybridized carbons (Fsp3) is 0.143. The number of pyridine rings is 1. The Morgan fingerprint density at radius 3 is 2.67 bits per heavy atom. The zero-order valence-electron chi connectivity index (χ0n) is 11.5. The Morgan fingerprint density at radius 2 is 2.00 bits per heavy atom. The maximum Gasteiger partial charge on any atom is 0.328 e. The smallest absolute Gasteiger partial charge is 0.328 e. The lowest BCUT2D eigenvalue weighted by Gasteiger charge is -2.09. The molecule has 0 saturated heterocycles. The molecule has 1 aromatic carbocycles. The number of amides is 1. The lowest BCUT2D eigenvalue weighted by molar-refractivity contribution is 0.102. The number of nitrogens with zero attached hydrogens (tertiary/aromatic N) is 3. The molecule has 2 N–H and O–H groups in total. The molecular weight excluding hydrogens is 270 g/mol. The van der Waals surface area contributed by atoms with E-state index in [-0.39, 0.29) is 11.9 Å². The zero-order valence-corrected chi connectivity index (χ0v) is 11.5. The number of aromatic nitrogens is 3. The van der Waals surface area contributed by atoms with Crippen molar-refractivity contribution in [1.29, 1.82) is 0 Å². The largest absolute Gasteiger partial charge is 0.373 e. The average molecular weight is 283 g/mol. The Kier molecular flexibility index (Phi) is 3.23. The van der Waals surface area contributed by atoms with Crippen LogP contribution >= 0.6 is 0 Å². The van der Waals surface area contributed by atoms with Crippen molar-refractivity contribution in [2.75, 3.05) is 17.7 Å². The van der Waals surface area contributed by atoms with Crippen LogP contribution < -0.4 is 10.6 Å². The molecule has 0 spiro atoms. The molecule has 0 fully saturated rings. The third kappa shape index (κ3) is 2.40. The van der Waals surface area contributed by atoms with Crippen LogP contribution in [-0.4, -0.2) is 28.1 Å². The Morgan fingerprint density at radius 1 is 1.24 bits per heavy atom. The van der Waals surface area contributed by atoms with E-state index in [9.17, 15) is 4.79 Å². The van der Waals surface area contributed by atoms with Crippen LogP contribution in [0.5, 0.6) is 0 Å². The first kappa shape index (κ1) is 13.0. The molecule has 7 nitrogen and oxygen atoms in total. The third-order valence-electron chi connectivity index (χ3n) is 3.02. The number of fused-ring (bicyclic) bond motifs is 1. The zero-order chi connectivity index (χ0) is 14.8. The molecule has 0 aliphatic rings. The first-order valence-electron chi connectivity index (χ1n) is 6.36. The van der Waals surface area contributed by atoms with Gasteiger partial charge >= 0.3 is 6.01 Å². The second-order valence-corrected chi connectivity index (χ2v) is 4.42. The molecule has 0 radical (unpaired) electrons. The highest BCUT2D eigenvalue weighted by Crippen LogP contribution is 2.24. The SMILES string of the molecule is CNc1ncc(C(=O)Nc2nc(C)no2)c2ccccc12. The number of rotatable bonds is 3. The van der Waals surface area contributed by atoms with E-state index in [1.54, 1.807) is 14.0 Å². The molecule has 1 amide bonds. The summed E-state index contributed by atoms with van der Waals surface area (Å²) in [6, 6.07) is 7.61. The molecule has 3 rings (SSSR count). The van der Waals surface area contributed by atoms with Gasteiger partial charge in [-0.3, -0.25) is 10.1 Å². The Labute approximate surface area is 120 Å². The van der Waals surface area contributed by atoms with Crippen LogP contribution in [0.1, 0.15) is 16.2 Å². The van der Waals surface area contributed by atoms with E-state index >= 15 is 0 Å². The summed E-state index contributed by atoms with van der Waals surface area (Å²) in [7, 11) is 1.79. The van der Waals surface area contributed by atoms with Gasteiger partial charge in [0.2, 0.25) is 0 Å². The predicted molar refractivity (Wildman–Crippen MR) is 78.3 cm³/mol. The van der Waals surface area contributed by atoms with E-state index < -0.39 is 0 Å². The van der Waals surface area contributed by atoms with Gasteiger partial charge in [0.25, 0.3) is 5.91 Å². The van der Waals surface area contributed by atoms with E-state index in [1.165, 1.54) is 6.20 Å². The summed E-state index contributed by atoms with van der Waals surface area (Å²) >= 11 is 0. The van der Waals surface area contributed by atoms with E-state index in [4.69, 9.17) is 4.52 Å². The summed E-state index contributed by atoms with van der Waals surface area (Å²) in [5.41, 5.74) is 0.445. The number of nitrogens with one attached hydrogen (secondary N) is 2. The maximum atomic E-state index is 12.3. The first-order chi connectivity index (χ1) is 10.2. The van der Waals surface area contributed by atoms with Crippen molar-refractivity contribution >= 4 is 28.5 Å². The number of carbonyl (C=O) groups is 1. The fourth-order valence-electron chi connectivity index (χ4n) is 2.09. The minimum Gasteiger partial charge on any atom is -0.373 e. The van der Waals surface area contributed by atoms with Gasteiger partial charge in [0, 0.05) is 18.6 Å². The molecule has 0 aliphatic heterocycles. The van der Waals surface area contributed by atoms with E-state index in [2.05, 4.69) is 25.8 Å². The van der Waals surface area contributed by atoms with Gasteiger partial charge in [-0.05, 0) is 12.3 Å². The van der Waals surface area contributed by atoms with Crippen LogP contribution in [0.25, 0.3) is 10.8 Å². The highest BCUT2D eigenvalue weighted by Gasteiger charge is 2.15. The van der Waals surface area contributed by atoms with Crippen molar-refractivity contribution in [1.82, 2.24) is 15.1 Å². The van der Waals surface area contributed by atoms with Crippen LogP contribution in [0, 0.1) is 6.92 Å². The molecule has 0 saturated carbocycles. The number of aryl methyl sites for hydroxylation is 1. The molecule has 0 aliphatic carbocycles. The number of anilines is 2. The molecule has 106 valence electrons. The highest BCUT2D eigenvalue weighted by molar-refractivity contribution is 6.13. The van der Waals surface area contributed by atoms with E-state index in [0.29, 0.717) is 11.4 Å². The second-order valence-electron chi connectivity index (χ2n) is 4.42. The molecule has 0 bridgehead atoms. The Bertz CT molecular complexity index is 812. The van der Waals surface area contributed by atoms with Gasteiger partial charge in [0.15, 0.2) is 5.82 Å². The minimum absolute atomic E-state index is 0.0688. The molecular formula is C14H13N5O2. The van der Waals surface area contributed by atoms with Crippen molar-refractivity contribution in [2.45, 2.75) is 6.92 Å². The lowest BCUT2D eigenvalue weighted by atomic mass is 10.1. The summed E-state index contributed by atoms with van der Waals surface area (Å²) in [5.74, 6) is 0.833. The van der Waals surface area contributed by atoms with Crippen molar-refractivity contribution in [3.05, 3.63) is 41.9 Å². The summed E-state index contributed by atoms with van der Waals surface area (Å²) in [6.45, 7) is 1.68. The quantitative estimate of drug-likeness (QED) is 0.765. The molecule has 2 heterocycles. The van der Waals surface area contributed by atoms with Gasteiger partial charge in [0.1, 0.15) is 5.82 Å². The van der Waals surface area contributed by atoms with Crippen molar-refractivity contribution in [3.8, 4) is 0 Å². The van der Waals surface area contributed by atoms with Crippen molar-refractivity contribution in [2.24, 2.45) is 0 Å². The molecule has 21 heavy (non-hydrogen) atoms. The summed E-state index contributed by atoms with van der Waals surface area (Å²) in [4.78, 5) is 20.5. The molecule has 2 aromatic heterocycles. The van der Waals surface area contributed by atoms with Gasteiger partial charge in [-0.2, -0.15) is 4.98 Å². The van der Waals surface area contributed by atoms with Crippen LogP contribution in [0.2, 0.25) is 0 Å². The van der Waals surface area contributed by atoms with E-state index in [0.717, 1.165) is 16.6 Å². The average Bonchev–Trinajstić information content (AvgIpc) is 2.91. The topological polar surface area (TPSA) is 92.9 Å². The van der Waals surface area contributed by atoms with Gasteiger partial charge in [0.05, 0.1) is 5.56 Å². The lowest BCUT2D eigenvalue weighted by Crippen LogP contribution is -2.13. The summed E-state index contributed by atoms with van der Waals surface area (Å²) < 4.78 is 4.89. The normalized spacial score (nSPS) is 10.6. The van der Waals surface area contributed by atoms with Gasteiger partial charge in [-0.1, -0.05) is 29.4 Å². The molecule has 7 heteroatoms. The maximum absolute atomic E-state index is 12.3.